The Labute approximate surface area is 207 Å². The second-order valence-electron chi connectivity index (χ2n) is 9.62. The van der Waals surface area contributed by atoms with Crippen LogP contribution in [0.2, 0.25) is 0 Å². The first-order valence-electron chi connectivity index (χ1n) is 12.5. The molecule has 35 heavy (non-hydrogen) atoms. The number of rotatable bonds is 9. The second kappa shape index (κ2) is 11.0. The number of hydrogen-bond acceptors (Lipinski definition) is 4. The van der Waals surface area contributed by atoms with Gasteiger partial charge in [0.1, 0.15) is 5.82 Å². The van der Waals surface area contributed by atoms with E-state index in [1.54, 1.807) is 0 Å². The first-order chi connectivity index (χ1) is 17.1. The first kappa shape index (κ1) is 23.5. The Morgan fingerprint density at radius 3 is 2.40 bits per heavy atom. The molecule has 2 heterocycles. The van der Waals surface area contributed by atoms with Gasteiger partial charge < -0.3 is 19.7 Å². The number of hydrogen-bond donors (Lipinski definition) is 1. The highest BCUT2D eigenvalue weighted by atomic mass is 19.1. The average Bonchev–Trinajstić information content (AvgIpc) is 3.22. The van der Waals surface area contributed by atoms with Crippen molar-refractivity contribution >= 4 is 17.0 Å². The summed E-state index contributed by atoms with van der Waals surface area (Å²) >= 11 is 0. The van der Waals surface area contributed by atoms with Crippen LogP contribution in [-0.2, 0) is 13.1 Å². The third-order valence-corrected chi connectivity index (χ3v) is 6.92. The van der Waals surface area contributed by atoms with E-state index >= 15 is 0 Å². The van der Waals surface area contributed by atoms with Crippen molar-refractivity contribution in [2.45, 2.75) is 32.0 Å². The number of benzene rings is 3. The van der Waals surface area contributed by atoms with E-state index in [-0.39, 0.29) is 5.82 Å². The minimum atomic E-state index is -0.208. The zero-order valence-corrected chi connectivity index (χ0v) is 20.4. The molecule has 0 spiro atoms. The summed E-state index contributed by atoms with van der Waals surface area (Å²) < 4.78 is 15.6. The molecule has 0 saturated carbocycles. The summed E-state index contributed by atoms with van der Waals surface area (Å²) in [5.74, 6) is 0.692. The number of aromatic nitrogens is 2. The van der Waals surface area contributed by atoms with E-state index in [0.717, 1.165) is 68.1 Å². The Balaban J connectivity index is 1.17. The highest BCUT2D eigenvalue weighted by Gasteiger charge is 2.21. The number of imidazole rings is 1. The SMILES string of the molecule is CN(CCN1CCC(Nc2nc3ccccc3n2Cc2ccc(F)cc2)CC1)Cc1ccccc1. The lowest BCUT2D eigenvalue weighted by atomic mass is 10.1. The van der Waals surface area contributed by atoms with Crippen molar-refractivity contribution < 1.29 is 4.39 Å². The number of halogens is 1. The Morgan fingerprint density at radius 1 is 0.914 bits per heavy atom. The molecule has 1 aliphatic rings. The topological polar surface area (TPSA) is 36.3 Å². The Morgan fingerprint density at radius 2 is 1.63 bits per heavy atom. The molecule has 5 rings (SSSR count). The molecule has 1 N–H and O–H groups in total. The average molecular weight is 472 g/mol. The van der Waals surface area contributed by atoms with E-state index < -0.39 is 0 Å². The molecule has 0 amide bonds. The summed E-state index contributed by atoms with van der Waals surface area (Å²) in [5, 5.41) is 3.73. The van der Waals surface area contributed by atoms with Crippen molar-refractivity contribution in [1.82, 2.24) is 19.4 Å². The molecule has 1 aromatic heterocycles. The molecule has 1 fully saturated rings. The Kier molecular flexibility index (Phi) is 7.40. The van der Waals surface area contributed by atoms with E-state index in [9.17, 15) is 4.39 Å². The molecule has 1 aliphatic heterocycles. The van der Waals surface area contributed by atoms with Gasteiger partial charge in [-0.25, -0.2) is 9.37 Å². The number of anilines is 1. The molecule has 182 valence electrons. The molecule has 1 saturated heterocycles. The number of likely N-dealkylation sites (tertiary alicyclic amines) is 1. The normalized spacial score (nSPS) is 15.2. The molecule has 4 aromatic rings. The van der Waals surface area contributed by atoms with Crippen LogP contribution >= 0.6 is 0 Å². The summed E-state index contributed by atoms with van der Waals surface area (Å²) in [4.78, 5) is 9.87. The summed E-state index contributed by atoms with van der Waals surface area (Å²) in [6.07, 6.45) is 2.20. The number of nitrogens with zero attached hydrogens (tertiary/aromatic N) is 4. The van der Waals surface area contributed by atoms with Crippen LogP contribution in [0.25, 0.3) is 11.0 Å². The lowest BCUT2D eigenvalue weighted by Crippen LogP contribution is -2.42. The summed E-state index contributed by atoms with van der Waals surface area (Å²) in [6, 6.07) is 26.0. The van der Waals surface area contributed by atoms with Crippen molar-refractivity contribution in [3.63, 3.8) is 0 Å². The first-order valence-corrected chi connectivity index (χ1v) is 12.5. The van der Waals surface area contributed by atoms with Gasteiger partial charge >= 0.3 is 0 Å². The van der Waals surface area contributed by atoms with Gasteiger partial charge in [0.25, 0.3) is 0 Å². The van der Waals surface area contributed by atoms with E-state index in [0.29, 0.717) is 12.6 Å². The molecule has 0 unspecified atom stereocenters. The molecule has 5 nitrogen and oxygen atoms in total. The maximum atomic E-state index is 13.4. The molecule has 3 aromatic carbocycles. The maximum Gasteiger partial charge on any atom is 0.204 e. The molecule has 0 atom stereocenters. The summed E-state index contributed by atoms with van der Waals surface area (Å²) in [5.41, 5.74) is 4.50. The number of piperidine rings is 1. The van der Waals surface area contributed by atoms with Crippen LogP contribution in [0.5, 0.6) is 0 Å². The van der Waals surface area contributed by atoms with Crippen molar-refractivity contribution in [2.24, 2.45) is 0 Å². The minimum absolute atomic E-state index is 0.208. The highest BCUT2D eigenvalue weighted by Crippen LogP contribution is 2.24. The third kappa shape index (κ3) is 6.08. The van der Waals surface area contributed by atoms with Gasteiger partial charge in [0, 0.05) is 38.8 Å². The Bertz CT molecular complexity index is 1210. The van der Waals surface area contributed by atoms with Gasteiger partial charge in [-0.3, -0.25) is 0 Å². The van der Waals surface area contributed by atoms with Gasteiger partial charge in [-0.2, -0.15) is 0 Å². The maximum absolute atomic E-state index is 13.4. The zero-order chi connectivity index (χ0) is 24.0. The van der Waals surface area contributed by atoms with Crippen molar-refractivity contribution in [2.75, 3.05) is 38.5 Å². The van der Waals surface area contributed by atoms with Gasteiger partial charge in [0.05, 0.1) is 17.6 Å². The smallest absolute Gasteiger partial charge is 0.204 e. The van der Waals surface area contributed by atoms with Crippen molar-refractivity contribution in [3.8, 4) is 0 Å². The number of likely N-dealkylation sites (N-methyl/N-ethyl adjacent to an activating group) is 1. The number of fused-ring (bicyclic) bond motifs is 1. The van der Waals surface area contributed by atoms with Crippen LogP contribution in [-0.4, -0.2) is 58.6 Å². The van der Waals surface area contributed by atoms with E-state index in [1.807, 2.05) is 24.3 Å². The van der Waals surface area contributed by atoms with Crippen molar-refractivity contribution in [3.05, 3.63) is 95.8 Å². The number of para-hydroxylation sites is 2. The molecule has 0 bridgehead atoms. The predicted octanol–water partition coefficient (Wildman–Crippen LogP) is 5.23. The van der Waals surface area contributed by atoms with Crippen LogP contribution in [0.15, 0.2) is 78.9 Å². The van der Waals surface area contributed by atoms with E-state index in [1.165, 1.54) is 17.7 Å². The largest absolute Gasteiger partial charge is 0.353 e. The third-order valence-electron chi connectivity index (χ3n) is 6.92. The van der Waals surface area contributed by atoms with Gasteiger partial charge in [0.2, 0.25) is 5.95 Å². The molecule has 0 radical (unpaired) electrons. The van der Waals surface area contributed by atoms with Crippen LogP contribution < -0.4 is 5.32 Å². The van der Waals surface area contributed by atoms with Gasteiger partial charge in [0.15, 0.2) is 0 Å². The lowest BCUT2D eigenvalue weighted by molar-refractivity contribution is 0.187. The molecular formula is C29H34FN5. The fourth-order valence-electron chi connectivity index (χ4n) is 4.89. The zero-order valence-electron chi connectivity index (χ0n) is 20.4. The fourth-order valence-corrected chi connectivity index (χ4v) is 4.89. The number of nitrogens with one attached hydrogen (secondary N) is 1. The predicted molar refractivity (Wildman–Crippen MR) is 141 cm³/mol. The van der Waals surface area contributed by atoms with Crippen molar-refractivity contribution in [1.29, 1.82) is 0 Å². The molecule has 6 heteroatoms. The Hall–Kier alpha value is -3.22. The molecule has 0 aliphatic carbocycles. The van der Waals surface area contributed by atoms with E-state index in [4.69, 9.17) is 4.98 Å². The quantitative estimate of drug-likeness (QED) is 0.363. The minimum Gasteiger partial charge on any atom is -0.353 e. The highest BCUT2D eigenvalue weighted by molar-refractivity contribution is 5.78. The molecular weight excluding hydrogens is 437 g/mol. The van der Waals surface area contributed by atoms with Gasteiger partial charge in [-0.1, -0.05) is 54.6 Å². The monoisotopic (exact) mass is 471 g/mol. The van der Waals surface area contributed by atoms with Crippen LogP contribution in [0, 0.1) is 5.82 Å². The van der Waals surface area contributed by atoms with Crippen LogP contribution in [0.3, 0.4) is 0 Å². The summed E-state index contributed by atoms with van der Waals surface area (Å²) in [7, 11) is 2.20. The second-order valence-corrected chi connectivity index (χ2v) is 9.62. The van der Waals surface area contributed by atoms with Crippen LogP contribution in [0.4, 0.5) is 10.3 Å². The van der Waals surface area contributed by atoms with Gasteiger partial charge in [-0.15, -0.1) is 0 Å². The van der Waals surface area contributed by atoms with Crippen LogP contribution in [0.1, 0.15) is 24.0 Å². The standard InChI is InChI=1S/C29H34FN5/c1-33(21-23-7-3-2-4-8-23)19-20-34-17-15-26(16-18-34)31-29-32-27-9-5-6-10-28(27)35(29)22-24-11-13-25(30)14-12-24/h2-14,26H,15-22H2,1H3,(H,31,32). The van der Waals surface area contributed by atoms with Gasteiger partial charge in [-0.05, 0) is 55.3 Å². The lowest BCUT2D eigenvalue weighted by Gasteiger charge is -2.33. The van der Waals surface area contributed by atoms with E-state index in [2.05, 4.69) is 69.2 Å². The fraction of sp³-hybridized carbons (Fsp3) is 0.345. The summed E-state index contributed by atoms with van der Waals surface area (Å²) in [6.45, 7) is 6.00.